The van der Waals surface area contributed by atoms with Crippen LogP contribution in [0.15, 0.2) is 0 Å². The zero-order valence-corrected chi connectivity index (χ0v) is 11.0. The molecule has 1 atom stereocenters. The molecule has 0 aromatic carbocycles. The van der Waals surface area contributed by atoms with Crippen LogP contribution < -0.4 is 5.73 Å². The lowest BCUT2D eigenvalue weighted by atomic mass is 10.1. The smallest absolute Gasteiger partial charge is 0.330 e. The summed E-state index contributed by atoms with van der Waals surface area (Å²) >= 11 is 0. The molecular formula is C12H24F3N3. The Bertz CT molecular complexity index is 233. The van der Waals surface area contributed by atoms with Crippen LogP contribution in [-0.2, 0) is 0 Å². The molecule has 0 radical (unpaired) electrons. The van der Waals surface area contributed by atoms with Crippen molar-refractivity contribution in [1.82, 2.24) is 9.80 Å². The van der Waals surface area contributed by atoms with Gasteiger partial charge in [-0.3, -0.25) is 0 Å². The van der Waals surface area contributed by atoms with Crippen LogP contribution in [0.2, 0.25) is 0 Å². The van der Waals surface area contributed by atoms with Gasteiger partial charge < -0.3 is 15.5 Å². The van der Waals surface area contributed by atoms with Crippen molar-refractivity contribution in [2.45, 2.75) is 25.9 Å². The Kier molecular flexibility index (Phi) is 6.38. The van der Waals surface area contributed by atoms with Crippen molar-refractivity contribution in [2.24, 2.45) is 11.7 Å². The highest BCUT2D eigenvalue weighted by Crippen LogP contribution is 2.20. The Morgan fingerprint density at radius 2 is 1.72 bits per heavy atom. The summed E-state index contributed by atoms with van der Waals surface area (Å²) in [6.07, 6.45) is -3.80. The first-order valence-electron chi connectivity index (χ1n) is 6.62. The monoisotopic (exact) mass is 267 g/mol. The van der Waals surface area contributed by atoms with E-state index in [1.54, 1.807) is 0 Å². The number of halogens is 3. The second kappa shape index (κ2) is 7.31. The third-order valence-corrected chi connectivity index (χ3v) is 3.36. The van der Waals surface area contributed by atoms with Gasteiger partial charge in [0, 0.05) is 26.2 Å². The van der Waals surface area contributed by atoms with Crippen molar-refractivity contribution in [2.75, 3.05) is 45.8 Å². The van der Waals surface area contributed by atoms with Crippen molar-refractivity contribution < 1.29 is 13.2 Å². The molecule has 1 aliphatic heterocycles. The second-order valence-corrected chi connectivity index (χ2v) is 5.20. The molecule has 108 valence electrons. The second-order valence-electron chi connectivity index (χ2n) is 5.20. The Labute approximate surface area is 107 Å². The standard InChI is InChI=1S/C12H24F3N3/c1-11(9-16)10-18-5-2-4-17(7-8-18)6-3-12(13,14)15/h11H,2-10,16H2,1H3. The van der Waals surface area contributed by atoms with Crippen LogP contribution in [0.3, 0.4) is 0 Å². The quantitative estimate of drug-likeness (QED) is 0.820. The number of alkyl halides is 3. The van der Waals surface area contributed by atoms with Crippen LogP contribution in [0, 0.1) is 5.92 Å². The number of hydrogen-bond acceptors (Lipinski definition) is 3. The molecule has 0 aromatic heterocycles. The van der Waals surface area contributed by atoms with E-state index in [9.17, 15) is 13.2 Å². The maximum Gasteiger partial charge on any atom is 0.390 e. The minimum atomic E-state index is -4.04. The first-order chi connectivity index (χ1) is 8.40. The molecule has 6 heteroatoms. The Balaban J connectivity index is 2.28. The summed E-state index contributed by atoms with van der Waals surface area (Å²) in [5, 5.41) is 0. The zero-order chi connectivity index (χ0) is 13.6. The molecule has 0 aliphatic carbocycles. The first-order valence-corrected chi connectivity index (χ1v) is 6.62. The van der Waals surface area contributed by atoms with Gasteiger partial charge in [-0.15, -0.1) is 0 Å². The summed E-state index contributed by atoms with van der Waals surface area (Å²) in [4.78, 5) is 4.23. The third-order valence-electron chi connectivity index (χ3n) is 3.36. The molecule has 1 unspecified atom stereocenters. The lowest BCUT2D eigenvalue weighted by Gasteiger charge is -2.24. The van der Waals surface area contributed by atoms with Crippen LogP contribution in [0.1, 0.15) is 19.8 Å². The minimum Gasteiger partial charge on any atom is -0.330 e. The SMILES string of the molecule is CC(CN)CN1CCCN(CCC(F)(F)F)CC1. The van der Waals surface area contributed by atoms with E-state index in [2.05, 4.69) is 11.8 Å². The molecule has 1 rings (SSSR count). The largest absolute Gasteiger partial charge is 0.390 e. The number of rotatable bonds is 5. The maximum atomic E-state index is 12.2. The van der Waals surface area contributed by atoms with Crippen LogP contribution >= 0.6 is 0 Å². The van der Waals surface area contributed by atoms with Gasteiger partial charge in [-0.2, -0.15) is 13.2 Å². The van der Waals surface area contributed by atoms with E-state index in [1.807, 2.05) is 4.90 Å². The molecule has 0 bridgehead atoms. The average molecular weight is 267 g/mol. The van der Waals surface area contributed by atoms with Crippen molar-refractivity contribution in [3.05, 3.63) is 0 Å². The van der Waals surface area contributed by atoms with E-state index in [1.165, 1.54) is 0 Å². The van der Waals surface area contributed by atoms with E-state index in [4.69, 9.17) is 5.73 Å². The Hall–Kier alpha value is -0.330. The fraction of sp³-hybridized carbons (Fsp3) is 1.00. The summed E-state index contributed by atoms with van der Waals surface area (Å²) in [7, 11) is 0. The fourth-order valence-electron chi connectivity index (χ4n) is 2.23. The van der Waals surface area contributed by atoms with Crippen molar-refractivity contribution >= 4 is 0 Å². The summed E-state index contributed by atoms with van der Waals surface area (Å²) in [6.45, 7) is 7.15. The predicted octanol–water partition coefficient (Wildman–Crippen LogP) is 1.54. The van der Waals surface area contributed by atoms with Gasteiger partial charge in [0.2, 0.25) is 0 Å². The highest BCUT2D eigenvalue weighted by molar-refractivity contribution is 4.72. The first kappa shape index (κ1) is 15.7. The third kappa shape index (κ3) is 6.56. The van der Waals surface area contributed by atoms with Gasteiger partial charge in [-0.1, -0.05) is 6.92 Å². The van der Waals surface area contributed by atoms with Gasteiger partial charge in [0.25, 0.3) is 0 Å². The maximum absolute atomic E-state index is 12.2. The molecule has 1 fully saturated rings. The molecule has 0 aromatic rings. The lowest BCUT2D eigenvalue weighted by Crippen LogP contribution is -2.36. The van der Waals surface area contributed by atoms with E-state index in [0.717, 1.165) is 39.1 Å². The van der Waals surface area contributed by atoms with Crippen LogP contribution in [0.4, 0.5) is 13.2 Å². The van der Waals surface area contributed by atoms with Crippen molar-refractivity contribution in [3.8, 4) is 0 Å². The highest BCUT2D eigenvalue weighted by Gasteiger charge is 2.28. The molecule has 1 heterocycles. The average Bonchev–Trinajstić information content (AvgIpc) is 2.51. The van der Waals surface area contributed by atoms with Gasteiger partial charge in [-0.25, -0.2) is 0 Å². The summed E-state index contributed by atoms with van der Waals surface area (Å²) < 4.78 is 36.5. The molecule has 3 nitrogen and oxygen atoms in total. The Morgan fingerprint density at radius 1 is 1.11 bits per heavy atom. The van der Waals surface area contributed by atoms with Crippen LogP contribution in [-0.4, -0.2) is 61.8 Å². The van der Waals surface area contributed by atoms with E-state index >= 15 is 0 Å². The molecule has 2 N–H and O–H groups in total. The predicted molar refractivity (Wildman–Crippen MR) is 66.4 cm³/mol. The van der Waals surface area contributed by atoms with Gasteiger partial charge in [0.05, 0.1) is 6.42 Å². The van der Waals surface area contributed by atoms with E-state index in [-0.39, 0.29) is 6.54 Å². The van der Waals surface area contributed by atoms with E-state index < -0.39 is 12.6 Å². The van der Waals surface area contributed by atoms with Gasteiger partial charge in [0.1, 0.15) is 0 Å². The van der Waals surface area contributed by atoms with E-state index in [0.29, 0.717) is 12.5 Å². The normalized spacial score (nSPS) is 21.8. The lowest BCUT2D eigenvalue weighted by molar-refractivity contribution is -0.137. The molecule has 18 heavy (non-hydrogen) atoms. The molecule has 0 amide bonds. The molecule has 1 aliphatic rings. The van der Waals surface area contributed by atoms with Gasteiger partial charge >= 0.3 is 6.18 Å². The number of nitrogens with zero attached hydrogens (tertiary/aromatic N) is 2. The Morgan fingerprint density at radius 3 is 2.33 bits per heavy atom. The van der Waals surface area contributed by atoms with Gasteiger partial charge in [0.15, 0.2) is 0 Å². The summed E-state index contributed by atoms with van der Waals surface area (Å²) in [5.74, 6) is 0.451. The zero-order valence-electron chi connectivity index (χ0n) is 11.0. The summed E-state index contributed by atoms with van der Waals surface area (Å²) in [5.41, 5.74) is 5.59. The van der Waals surface area contributed by atoms with Crippen LogP contribution in [0.5, 0.6) is 0 Å². The van der Waals surface area contributed by atoms with Gasteiger partial charge in [-0.05, 0) is 32.0 Å². The minimum absolute atomic E-state index is 0.129. The van der Waals surface area contributed by atoms with Crippen molar-refractivity contribution in [1.29, 1.82) is 0 Å². The molecule has 0 spiro atoms. The van der Waals surface area contributed by atoms with Crippen molar-refractivity contribution in [3.63, 3.8) is 0 Å². The highest BCUT2D eigenvalue weighted by atomic mass is 19.4. The van der Waals surface area contributed by atoms with Crippen LogP contribution in [0.25, 0.3) is 0 Å². The topological polar surface area (TPSA) is 32.5 Å². The fourth-order valence-corrected chi connectivity index (χ4v) is 2.23. The molecular weight excluding hydrogens is 243 g/mol. The number of hydrogen-bond donors (Lipinski definition) is 1. The molecule has 1 saturated heterocycles. The number of nitrogens with two attached hydrogens (primary N) is 1. The molecule has 0 saturated carbocycles. The summed E-state index contributed by atoms with van der Waals surface area (Å²) in [6, 6.07) is 0.